The van der Waals surface area contributed by atoms with E-state index in [-0.39, 0.29) is 17.2 Å². The van der Waals surface area contributed by atoms with Crippen molar-refractivity contribution in [2.45, 2.75) is 44.3 Å². The minimum Gasteiger partial charge on any atom is -0.775 e. The summed E-state index contributed by atoms with van der Waals surface area (Å²) in [4.78, 5) is 53.6. The number of benzene rings is 1. The summed E-state index contributed by atoms with van der Waals surface area (Å²) in [5.74, 6) is -1.40. The number of halogens is 1. The molecule has 176 valence electrons. The number of phenolic OH excluding ortho intramolecular Hbond substituents is 1. The first-order chi connectivity index (χ1) is 14.2. The average molecular weight is 544 g/mol. The van der Waals surface area contributed by atoms with Crippen LogP contribution in [0.3, 0.4) is 0 Å². The van der Waals surface area contributed by atoms with Gasteiger partial charge in [-0.3, -0.25) is 0 Å². The predicted octanol–water partition coefficient (Wildman–Crippen LogP) is -3.51. The van der Waals surface area contributed by atoms with E-state index in [4.69, 9.17) is 0 Å². The summed E-state index contributed by atoms with van der Waals surface area (Å²) in [6.07, 6.45) is 0.367. The normalized spacial score (nSPS) is 25.2. The van der Waals surface area contributed by atoms with Crippen molar-refractivity contribution in [2.75, 3.05) is 19.1 Å². The van der Waals surface area contributed by atoms with Gasteiger partial charge in [-0.05, 0) is 31.0 Å². The third-order valence-corrected chi connectivity index (χ3v) is 7.56. The molecule has 0 saturated heterocycles. The highest BCUT2D eigenvalue weighted by Crippen LogP contribution is 2.30. The van der Waals surface area contributed by atoms with Crippen molar-refractivity contribution in [1.82, 2.24) is 0 Å². The largest absolute Gasteiger partial charge is 0.775 e. The highest BCUT2D eigenvalue weighted by atomic mass is 79.9. The van der Waals surface area contributed by atoms with Gasteiger partial charge in [0.25, 0.3) is 0 Å². The molecule has 5 N–H and O–H groups in total. The van der Waals surface area contributed by atoms with Crippen LogP contribution in [0, 0.1) is 0 Å². The number of aliphatic carboxylic acids is 1. The van der Waals surface area contributed by atoms with E-state index in [9.17, 15) is 43.7 Å². The lowest BCUT2D eigenvalue weighted by Crippen LogP contribution is -3.26. The molecule has 1 aliphatic rings. The Kier molecular flexibility index (Phi) is 9.27. The maximum Gasteiger partial charge on any atom is 0.187 e. The van der Waals surface area contributed by atoms with Crippen LogP contribution in [0.5, 0.6) is 5.75 Å². The first-order valence-corrected chi connectivity index (χ1v) is 14.0. The zero-order valence-corrected chi connectivity index (χ0v) is 20.0. The highest BCUT2D eigenvalue weighted by Gasteiger charge is 2.42. The van der Waals surface area contributed by atoms with Gasteiger partial charge >= 0.3 is 0 Å². The Bertz CT molecular complexity index is 851. The fourth-order valence-electron chi connectivity index (χ4n) is 4.36. The molecule has 0 amide bonds. The zero-order chi connectivity index (χ0) is 23.4. The van der Waals surface area contributed by atoms with Crippen LogP contribution in [0.1, 0.15) is 31.2 Å². The second kappa shape index (κ2) is 10.9. The third-order valence-electron chi connectivity index (χ3n) is 5.45. The van der Waals surface area contributed by atoms with Crippen molar-refractivity contribution in [3.63, 3.8) is 0 Å². The van der Waals surface area contributed by atoms with E-state index < -0.39 is 52.4 Å². The van der Waals surface area contributed by atoms with Crippen molar-refractivity contribution in [2.24, 2.45) is 0 Å². The summed E-state index contributed by atoms with van der Waals surface area (Å²) in [6.45, 7) is -0.390. The van der Waals surface area contributed by atoms with Gasteiger partial charge in [-0.15, -0.1) is 0 Å². The molecular weight excluding hydrogens is 518 g/mol. The molecule has 1 saturated carbocycles. The molecule has 1 aromatic carbocycles. The van der Waals surface area contributed by atoms with Crippen molar-refractivity contribution in [1.29, 1.82) is 0 Å². The molecule has 0 aliphatic heterocycles. The number of phenols is 1. The standard InChI is InChI=1S/C17H27BrN2O9P2/c18-13-5-6-16(21)12(7-13)8-19(9-17(22)23)14-3-1-2-4-15(14)20(10-30(24,25)26)11-31(27,28)29/h5-7,14-15,21H,1-4,8-11H2,(H,22,23)(H2,24,25,26)(H2,27,28,29)/p-1. The van der Waals surface area contributed by atoms with Crippen LogP contribution < -0.4 is 24.7 Å². The van der Waals surface area contributed by atoms with Gasteiger partial charge in [0.2, 0.25) is 0 Å². The SMILES string of the molecule is O=C([O-])C[NH+](Cc1cc(Br)ccc1O)C1CCCCC1[NH+](CP(=O)([O-])O)CP(=O)([O-])O. The fraction of sp³-hybridized carbons (Fsp3) is 0.588. The Hall–Kier alpha value is -0.810. The van der Waals surface area contributed by atoms with Gasteiger partial charge in [-0.1, -0.05) is 15.9 Å². The number of carboxylic acids is 1. The van der Waals surface area contributed by atoms with Crippen LogP contribution in [-0.2, 0) is 20.5 Å². The maximum absolute atomic E-state index is 11.5. The van der Waals surface area contributed by atoms with Crippen molar-refractivity contribution in [3.05, 3.63) is 28.2 Å². The van der Waals surface area contributed by atoms with Gasteiger partial charge in [0.1, 0.15) is 43.5 Å². The molecule has 0 heterocycles. The number of rotatable bonds is 10. The number of carbonyl (C=O) groups is 1. The van der Waals surface area contributed by atoms with E-state index in [1.165, 1.54) is 6.07 Å². The van der Waals surface area contributed by atoms with Crippen LogP contribution >= 0.6 is 31.1 Å². The monoisotopic (exact) mass is 543 g/mol. The van der Waals surface area contributed by atoms with Gasteiger partial charge in [-0.25, -0.2) is 0 Å². The summed E-state index contributed by atoms with van der Waals surface area (Å²) in [5, 5.41) is 21.6. The lowest BCUT2D eigenvalue weighted by Gasteiger charge is -2.42. The summed E-state index contributed by atoms with van der Waals surface area (Å²) in [7, 11) is -9.76. The van der Waals surface area contributed by atoms with Crippen molar-refractivity contribution >= 4 is 37.1 Å². The van der Waals surface area contributed by atoms with Gasteiger partial charge < -0.3 is 53.5 Å². The zero-order valence-electron chi connectivity index (χ0n) is 16.6. The van der Waals surface area contributed by atoms with Gasteiger partial charge in [0.05, 0.1) is 5.97 Å². The number of hydrogen-bond acceptors (Lipinski definition) is 7. The topological polar surface area (TPSA) is 190 Å². The minimum atomic E-state index is -4.88. The number of carbonyl (C=O) groups excluding carboxylic acids is 1. The van der Waals surface area contributed by atoms with Crippen LogP contribution in [0.4, 0.5) is 0 Å². The molecule has 1 fully saturated rings. The molecule has 2 rings (SSSR count). The molecule has 0 bridgehead atoms. The molecule has 11 nitrogen and oxygen atoms in total. The number of carboxylic acid groups (broad SMARTS) is 1. The van der Waals surface area contributed by atoms with Crippen LogP contribution in [0.2, 0.25) is 0 Å². The van der Waals surface area contributed by atoms with Crippen LogP contribution in [0.15, 0.2) is 22.7 Å². The van der Waals surface area contributed by atoms with Crippen molar-refractivity contribution < 1.29 is 53.5 Å². The number of quaternary nitrogens is 2. The van der Waals surface area contributed by atoms with E-state index in [1.807, 2.05) is 0 Å². The Labute approximate surface area is 188 Å². The predicted molar refractivity (Wildman–Crippen MR) is 107 cm³/mol. The minimum absolute atomic E-state index is 0.0468. The van der Waals surface area contributed by atoms with Crippen LogP contribution in [-0.4, -0.2) is 52.1 Å². The first-order valence-electron chi connectivity index (χ1n) is 9.67. The number of aromatic hydroxyl groups is 1. The summed E-state index contributed by atoms with van der Waals surface area (Å²) in [5.41, 5.74) is 0.449. The fourth-order valence-corrected chi connectivity index (χ4v) is 6.66. The Morgan fingerprint density at radius 1 is 1.06 bits per heavy atom. The second-order valence-electron chi connectivity index (χ2n) is 7.90. The lowest BCUT2D eigenvalue weighted by molar-refractivity contribution is -0.993. The third kappa shape index (κ3) is 8.92. The lowest BCUT2D eigenvalue weighted by atomic mass is 9.88. The molecule has 31 heavy (non-hydrogen) atoms. The first kappa shape index (κ1) is 26.4. The van der Waals surface area contributed by atoms with E-state index >= 15 is 0 Å². The average Bonchev–Trinajstić information content (AvgIpc) is 2.61. The Morgan fingerprint density at radius 2 is 1.58 bits per heavy atom. The molecule has 0 radical (unpaired) electrons. The van der Waals surface area contributed by atoms with Gasteiger partial charge in [-0.2, -0.15) is 0 Å². The number of nitrogens with one attached hydrogen (secondary N) is 2. The Balaban J connectivity index is 2.40. The van der Waals surface area contributed by atoms with Crippen molar-refractivity contribution in [3.8, 4) is 5.75 Å². The second-order valence-corrected chi connectivity index (χ2v) is 12.0. The summed E-state index contributed by atoms with van der Waals surface area (Å²) in [6, 6.07) is 3.52. The number of hydrogen-bond donors (Lipinski definition) is 5. The molecule has 0 spiro atoms. The Morgan fingerprint density at radius 3 is 2.06 bits per heavy atom. The van der Waals surface area contributed by atoms with E-state index in [2.05, 4.69) is 15.9 Å². The summed E-state index contributed by atoms with van der Waals surface area (Å²) < 4.78 is 23.7. The van der Waals surface area contributed by atoms with E-state index in [0.717, 1.165) is 0 Å². The molecule has 5 unspecified atom stereocenters. The molecule has 0 aromatic heterocycles. The molecular formula is C17H26BrN2O9P2-. The van der Waals surface area contributed by atoms with Crippen LogP contribution in [0.25, 0.3) is 0 Å². The van der Waals surface area contributed by atoms with Gasteiger partial charge in [0, 0.05) is 22.9 Å². The highest BCUT2D eigenvalue weighted by molar-refractivity contribution is 9.10. The molecule has 1 aliphatic carbocycles. The molecule has 5 atom stereocenters. The molecule has 1 aromatic rings. The quantitative estimate of drug-likeness (QED) is 0.186. The maximum atomic E-state index is 11.5. The van der Waals surface area contributed by atoms with E-state index in [0.29, 0.717) is 40.6 Å². The van der Waals surface area contributed by atoms with E-state index in [1.54, 1.807) is 12.1 Å². The molecule has 14 heteroatoms. The van der Waals surface area contributed by atoms with Gasteiger partial charge in [0.15, 0.2) is 15.2 Å². The smallest absolute Gasteiger partial charge is 0.187 e. The summed E-state index contributed by atoms with van der Waals surface area (Å²) >= 11 is 3.29.